The number of likely N-dealkylation sites (tertiary alicyclic amines) is 1. The molecule has 1 aromatic carbocycles. The minimum atomic E-state index is -0.0675. The van der Waals surface area contributed by atoms with Gasteiger partial charge in [-0.3, -0.25) is 9.69 Å². The molecule has 4 heteroatoms. The monoisotopic (exact) mass is 248 g/mol. The Morgan fingerprint density at radius 3 is 2.50 bits per heavy atom. The molecule has 18 heavy (non-hydrogen) atoms. The highest BCUT2D eigenvalue weighted by atomic mass is 16.5. The van der Waals surface area contributed by atoms with Crippen molar-refractivity contribution < 1.29 is 9.53 Å². The zero-order valence-corrected chi connectivity index (χ0v) is 10.8. The lowest BCUT2D eigenvalue weighted by Crippen LogP contribution is -2.36. The van der Waals surface area contributed by atoms with Crippen molar-refractivity contribution in [2.24, 2.45) is 5.92 Å². The molecule has 2 rings (SSSR count). The van der Waals surface area contributed by atoms with Crippen molar-refractivity contribution in [1.29, 1.82) is 0 Å². The first kappa shape index (κ1) is 12.9. The van der Waals surface area contributed by atoms with Crippen LogP contribution < -0.4 is 5.73 Å². The Morgan fingerprint density at radius 1 is 1.33 bits per heavy atom. The van der Waals surface area contributed by atoms with Gasteiger partial charge in [-0.05, 0) is 43.6 Å². The standard InChI is InChI=1S/C14H20N2O2/c1-18-14(17)12-6-8-16(9-7-12)10-11-2-4-13(15)5-3-11/h2-5,12H,6-10,15H2,1H3. The largest absolute Gasteiger partial charge is 0.469 e. The Bertz CT molecular complexity index is 395. The SMILES string of the molecule is COC(=O)C1CCN(Cc2ccc(N)cc2)CC1. The number of carbonyl (C=O) groups is 1. The summed E-state index contributed by atoms with van der Waals surface area (Å²) >= 11 is 0. The van der Waals surface area contributed by atoms with Crippen molar-refractivity contribution in [1.82, 2.24) is 4.90 Å². The summed E-state index contributed by atoms with van der Waals surface area (Å²) in [6.07, 6.45) is 1.78. The topological polar surface area (TPSA) is 55.6 Å². The van der Waals surface area contributed by atoms with E-state index >= 15 is 0 Å². The summed E-state index contributed by atoms with van der Waals surface area (Å²) in [5.74, 6) is 0.0137. The predicted octanol–water partition coefficient (Wildman–Crippen LogP) is 1.65. The molecule has 0 amide bonds. The molecule has 0 atom stereocenters. The predicted molar refractivity (Wildman–Crippen MR) is 70.9 cm³/mol. The highest BCUT2D eigenvalue weighted by molar-refractivity contribution is 5.72. The van der Waals surface area contributed by atoms with E-state index in [2.05, 4.69) is 17.0 Å². The molecule has 0 aliphatic carbocycles. The summed E-state index contributed by atoms with van der Waals surface area (Å²) in [5.41, 5.74) is 7.72. The number of nitrogens with zero attached hydrogens (tertiary/aromatic N) is 1. The van der Waals surface area contributed by atoms with Gasteiger partial charge in [0.2, 0.25) is 0 Å². The summed E-state index contributed by atoms with van der Waals surface area (Å²) in [4.78, 5) is 13.8. The average molecular weight is 248 g/mol. The molecular weight excluding hydrogens is 228 g/mol. The van der Waals surface area contributed by atoms with Crippen LogP contribution in [0.25, 0.3) is 0 Å². The number of nitrogens with two attached hydrogens (primary N) is 1. The molecule has 0 saturated carbocycles. The van der Waals surface area contributed by atoms with Crippen molar-refractivity contribution >= 4 is 11.7 Å². The molecule has 1 aromatic rings. The number of anilines is 1. The maximum Gasteiger partial charge on any atom is 0.308 e. The zero-order valence-electron chi connectivity index (χ0n) is 10.8. The molecule has 0 bridgehead atoms. The third-order valence-corrected chi connectivity index (χ3v) is 3.51. The van der Waals surface area contributed by atoms with Gasteiger partial charge in [-0.15, -0.1) is 0 Å². The normalized spacial score (nSPS) is 17.6. The maximum absolute atomic E-state index is 11.4. The molecule has 1 aliphatic rings. The van der Waals surface area contributed by atoms with Crippen LogP contribution in [0.15, 0.2) is 24.3 Å². The summed E-state index contributed by atoms with van der Waals surface area (Å²) in [7, 11) is 1.46. The van der Waals surface area contributed by atoms with Gasteiger partial charge in [0.25, 0.3) is 0 Å². The van der Waals surface area contributed by atoms with E-state index in [4.69, 9.17) is 10.5 Å². The zero-order chi connectivity index (χ0) is 13.0. The third-order valence-electron chi connectivity index (χ3n) is 3.51. The first-order chi connectivity index (χ1) is 8.69. The van der Waals surface area contributed by atoms with Gasteiger partial charge in [-0.1, -0.05) is 12.1 Å². The van der Waals surface area contributed by atoms with E-state index in [1.807, 2.05) is 12.1 Å². The van der Waals surface area contributed by atoms with E-state index in [1.165, 1.54) is 12.7 Å². The van der Waals surface area contributed by atoms with Gasteiger partial charge >= 0.3 is 5.97 Å². The van der Waals surface area contributed by atoms with Gasteiger partial charge in [0.1, 0.15) is 0 Å². The maximum atomic E-state index is 11.4. The number of methoxy groups -OCH3 is 1. The Kier molecular flexibility index (Phi) is 4.20. The van der Waals surface area contributed by atoms with E-state index in [-0.39, 0.29) is 11.9 Å². The fourth-order valence-electron chi connectivity index (χ4n) is 2.37. The second-order valence-electron chi connectivity index (χ2n) is 4.82. The van der Waals surface area contributed by atoms with Crippen LogP contribution >= 0.6 is 0 Å². The number of ether oxygens (including phenoxy) is 1. The lowest BCUT2D eigenvalue weighted by atomic mass is 9.96. The Morgan fingerprint density at radius 2 is 1.94 bits per heavy atom. The number of carbonyl (C=O) groups excluding carboxylic acids is 1. The van der Waals surface area contributed by atoms with Gasteiger partial charge in [-0.2, -0.15) is 0 Å². The van der Waals surface area contributed by atoms with Crippen molar-refractivity contribution in [2.75, 3.05) is 25.9 Å². The summed E-state index contributed by atoms with van der Waals surface area (Å²) in [5, 5.41) is 0. The van der Waals surface area contributed by atoms with E-state index in [1.54, 1.807) is 0 Å². The van der Waals surface area contributed by atoms with Crippen molar-refractivity contribution in [3.8, 4) is 0 Å². The number of benzene rings is 1. The molecule has 0 unspecified atom stereocenters. The minimum Gasteiger partial charge on any atom is -0.469 e. The van der Waals surface area contributed by atoms with Gasteiger partial charge < -0.3 is 10.5 Å². The van der Waals surface area contributed by atoms with Crippen LogP contribution in [0.2, 0.25) is 0 Å². The molecule has 1 fully saturated rings. The first-order valence-corrected chi connectivity index (χ1v) is 6.33. The van der Waals surface area contributed by atoms with Gasteiger partial charge in [0.05, 0.1) is 13.0 Å². The minimum absolute atomic E-state index is 0.0675. The van der Waals surface area contributed by atoms with E-state index in [9.17, 15) is 4.79 Å². The van der Waals surface area contributed by atoms with E-state index < -0.39 is 0 Å². The molecule has 1 aliphatic heterocycles. The number of hydrogen-bond acceptors (Lipinski definition) is 4. The molecule has 2 N–H and O–H groups in total. The molecule has 4 nitrogen and oxygen atoms in total. The van der Waals surface area contributed by atoms with Crippen LogP contribution in [0.4, 0.5) is 5.69 Å². The average Bonchev–Trinajstić information content (AvgIpc) is 2.41. The fraction of sp³-hybridized carbons (Fsp3) is 0.500. The highest BCUT2D eigenvalue weighted by Crippen LogP contribution is 2.20. The number of nitrogen functional groups attached to an aromatic ring is 1. The van der Waals surface area contributed by atoms with Crippen LogP contribution in [0.1, 0.15) is 18.4 Å². The van der Waals surface area contributed by atoms with Crippen molar-refractivity contribution in [2.45, 2.75) is 19.4 Å². The van der Waals surface area contributed by atoms with Crippen LogP contribution in [-0.4, -0.2) is 31.1 Å². The van der Waals surface area contributed by atoms with Gasteiger partial charge in [-0.25, -0.2) is 0 Å². The quantitative estimate of drug-likeness (QED) is 0.653. The van der Waals surface area contributed by atoms with E-state index in [0.717, 1.165) is 38.2 Å². The highest BCUT2D eigenvalue weighted by Gasteiger charge is 2.25. The molecule has 0 spiro atoms. The molecular formula is C14H20N2O2. The summed E-state index contributed by atoms with van der Waals surface area (Å²) in [6, 6.07) is 7.97. The Balaban J connectivity index is 1.83. The second kappa shape index (κ2) is 5.87. The summed E-state index contributed by atoms with van der Waals surface area (Å²) < 4.78 is 4.79. The van der Waals surface area contributed by atoms with Crippen molar-refractivity contribution in [3.63, 3.8) is 0 Å². The lowest BCUT2D eigenvalue weighted by molar-refractivity contribution is -0.147. The fourth-order valence-corrected chi connectivity index (χ4v) is 2.37. The Labute approximate surface area is 108 Å². The molecule has 1 saturated heterocycles. The number of esters is 1. The van der Waals surface area contributed by atoms with Crippen LogP contribution in [0.5, 0.6) is 0 Å². The first-order valence-electron chi connectivity index (χ1n) is 6.33. The Hall–Kier alpha value is -1.55. The second-order valence-corrected chi connectivity index (χ2v) is 4.82. The third kappa shape index (κ3) is 3.23. The smallest absolute Gasteiger partial charge is 0.308 e. The summed E-state index contributed by atoms with van der Waals surface area (Å²) in [6.45, 7) is 2.82. The van der Waals surface area contributed by atoms with Crippen molar-refractivity contribution in [3.05, 3.63) is 29.8 Å². The van der Waals surface area contributed by atoms with Crippen LogP contribution in [0.3, 0.4) is 0 Å². The van der Waals surface area contributed by atoms with Gasteiger partial charge in [0.15, 0.2) is 0 Å². The van der Waals surface area contributed by atoms with Crippen LogP contribution in [0, 0.1) is 5.92 Å². The molecule has 98 valence electrons. The molecule has 0 radical (unpaired) electrons. The number of rotatable bonds is 3. The molecule has 1 heterocycles. The van der Waals surface area contributed by atoms with E-state index in [0.29, 0.717) is 0 Å². The van der Waals surface area contributed by atoms with Crippen LogP contribution in [-0.2, 0) is 16.1 Å². The number of hydrogen-bond donors (Lipinski definition) is 1. The van der Waals surface area contributed by atoms with Gasteiger partial charge in [0, 0.05) is 12.2 Å². The molecule has 0 aromatic heterocycles. The lowest BCUT2D eigenvalue weighted by Gasteiger charge is -2.30. The number of piperidine rings is 1.